The molecule has 5 rings (SSSR count). The predicted octanol–water partition coefficient (Wildman–Crippen LogP) is 0.930. The minimum Gasteiger partial charge on any atom is -0.477 e. The van der Waals surface area contributed by atoms with E-state index in [0.717, 1.165) is 9.47 Å². The zero-order valence-corrected chi connectivity index (χ0v) is 21.8. The third-order valence-corrected chi connectivity index (χ3v) is 7.79. The van der Waals surface area contributed by atoms with Crippen LogP contribution in [0, 0.1) is 0 Å². The highest BCUT2D eigenvalue weighted by atomic mass is 32.2. The lowest BCUT2D eigenvalue weighted by Crippen LogP contribution is -2.71. The summed E-state index contributed by atoms with van der Waals surface area (Å²) in [5.74, 6) is -3.16. The SMILES string of the molecule is CC(=O)OCC1=C(C(=O)O)N2C(=O)C(NC(=O)C(NC(=O)n3c(=O)[nH]c4ccccc43)c3ccccc3)[C@@H]2SC1. The number of rotatable bonds is 7. The number of benzene rings is 2. The minimum absolute atomic E-state index is 0.165. The summed E-state index contributed by atoms with van der Waals surface area (Å²) < 4.78 is 5.81. The standard InChI is InChI=1S/C26H23N5O8S/c1-13(32)39-11-15-12-40-23-19(22(34)31(23)20(15)24(35)36)28-21(33)18(14-7-3-2-4-8-14)29-26(38)30-17-10-6-5-9-16(17)27-25(30)37/h2-10,18-19,23H,11-12H2,1H3,(H,27,37)(H,28,33)(H,29,38)(H,35,36)/t18?,19?,23-/m0/s1. The van der Waals surface area contributed by atoms with E-state index in [1.165, 1.54) is 18.7 Å². The van der Waals surface area contributed by atoms with Gasteiger partial charge in [0.05, 0.1) is 11.0 Å². The molecule has 2 aromatic carbocycles. The molecule has 40 heavy (non-hydrogen) atoms. The maximum Gasteiger partial charge on any atom is 0.352 e. The summed E-state index contributed by atoms with van der Waals surface area (Å²) in [6.45, 7) is 0.920. The number of hydrogen-bond donors (Lipinski definition) is 4. The second-order valence-corrected chi connectivity index (χ2v) is 10.1. The van der Waals surface area contributed by atoms with Crippen LogP contribution in [0.4, 0.5) is 4.79 Å². The van der Waals surface area contributed by atoms with Gasteiger partial charge < -0.3 is 25.5 Å². The number of nitrogens with zero attached hydrogens (tertiary/aromatic N) is 2. The molecule has 14 heteroatoms. The number of carbonyl (C=O) groups excluding carboxylic acids is 4. The average Bonchev–Trinajstić information content (AvgIpc) is 3.28. The molecule has 13 nitrogen and oxygen atoms in total. The fourth-order valence-electron chi connectivity index (χ4n) is 4.61. The van der Waals surface area contributed by atoms with Crippen LogP contribution in [0.25, 0.3) is 11.0 Å². The first-order valence-electron chi connectivity index (χ1n) is 12.1. The van der Waals surface area contributed by atoms with Crippen LogP contribution in [0.1, 0.15) is 18.5 Å². The molecule has 0 bridgehead atoms. The number of aromatic amines is 1. The number of amides is 3. The Labute approximate surface area is 230 Å². The van der Waals surface area contributed by atoms with Crippen molar-refractivity contribution in [3.63, 3.8) is 0 Å². The molecule has 3 atom stereocenters. The summed E-state index contributed by atoms with van der Waals surface area (Å²) in [5.41, 5.74) is 0.446. The summed E-state index contributed by atoms with van der Waals surface area (Å²) in [6, 6.07) is 11.7. The van der Waals surface area contributed by atoms with E-state index in [-0.39, 0.29) is 23.6 Å². The van der Waals surface area contributed by atoms with Gasteiger partial charge in [0, 0.05) is 18.2 Å². The van der Waals surface area contributed by atoms with Gasteiger partial charge in [-0.2, -0.15) is 0 Å². The van der Waals surface area contributed by atoms with Gasteiger partial charge in [-0.05, 0) is 17.7 Å². The van der Waals surface area contributed by atoms with Crippen molar-refractivity contribution in [2.75, 3.05) is 12.4 Å². The largest absolute Gasteiger partial charge is 0.477 e. The van der Waals surface area contributed by atoms with Crippen LogP contribution in [0.3, 0.4) is 0 Å². The van der Waals surface area contributed by atoms with Crippen molar-refractivity contribution in [2.45, 2.75) is 24.4 Å². The summed E-state index contributed by atoms with van der Waals surface area (Å²) in [6.07, 6.45) is 0. The third kappa shape index (κ3) is 4.84. The number of hydrogen-bond acceptors (Lipinski definition) is 8. The summed E-state index contributed by atoms with van der Waals surface area (Å²) >= 11 is 1.21. The Kier molecular flexibility index (Phi) is 7.17. The third-order valence-electron chi connectivity index (χ3n) is 6.45. The first-order valence-corrected chi connectivity index (χ1v) is 13.1. The number of imidazole rings is 1. The van der Waals surface area contributed by atoms with Crippen molar-refractivity contribution in [3.8, 4) is 0 Å². The first kappa shape index (κ1) is 26.7. The van der Waals surface area contributed by atoms with Gasteiger partial charge in [0.1, 0.15) is 29.8 Å². The Morgan fingerprint density at radius 3 is 2.50 bits per heavy atom. The maximum absolute atomic E-state index is 13.5. The molecular weight excluding hydrogens is 542 g/mol. The van der Waals surface area contributed by atoms with Gasteiger partial charge in [0.15, 0.2) is 0 Å². The van der Waals surface area contributed by atoms with E-state index in [1.54, 1.807) is 54.6 Å². The monoisotopic (exact) mass is 565 g/mol. The number of fused-ring (bicyclic) bond motifs is 2. The molecular formula is C26H23N5O8S. The second-order valence-electron chi connectivity index (χ2n) is 9.01. The molecule has 1 fully saturated rings. The van der Waals surface area contributed by atoms with Crippen molar-refractivity contribution >= 4 is 52.6 Å². The highest BCUT2D eigenvalue weighted by molar-refractivity contribution is 8.00. The quantitative estimate of drug-likeness (QED) is 0.239. The number of ether oxygens (including phenoxy) is 1. The Morgan fingerprint density at radius 1 is 1.10 bits per heavy atom. The van der Waals surface area contributed by atoms with Gasteiger partial charge in [-0.25, -0.2) is 19.0 Å². The number of carboxylic acids is 1. The van der Waals surface area contributed by atoms with Crippen LogP contribution >= 0.6 is 11.8 Å². The molecule has 1 saturated heterocycles. The number of H-pyrrole nitrogens is 1. The lowest BCUT2D eigenvalue weighted by molar-refractivity contribution is -0.151. The number of thioether (sulfide) groups is 1. The molecule has 0 spiro atoms. The summed E-state index contributed by atoms with van der Waals surface area (Å²) in [7, 11) is 0. The lowest BCUT2D eigenvalue weighted by atomic mass is 10.0. The van der Waals surface area contributed by atoms with Gasteiger partial charge in [-0.15, -0.1) is 11.8 Å². The van der Waals surface area contributed by atoms with Gasteiger partial charge in [0.25, 0.3) is 5.91 Å². The minimum atomic E-state index is -1.36. The number of esters is 1. The molecule has 3 heterocycles. The van der Waals surface area contributed by atoms with Crippen molar-refractivity contribution in [2.24, 2.45) is 0 Å². The zero-order valence-electron chi connectivity index (χ0n) is 21.0. The predicted molar refractivity (Wildman–Crippen MR) is 142 cm³/mol. The molecule has 1 aromatic heterocycles. The number of nitrogens with one attached hydrogen (secondary N) is 3. The van der Waals surface area contributed by atoms with Crippen molar-refractivity contribution < 1.29 is 33.8 Å². The fourth-order valence-corrected chi connectivity index (χ4v) is 5.94. The lowest BCUT2D eigenvalue weighted by Gasteiger charge is -2.49. The number of carboxylic acid groups (broad SMARTS) is 1. The molecule has 0 radical (unpaired) electrons. The molecule has 2 aliphatic rings. The summed E-state index contributed by atoms with van der Waals surface area (Å²) in [5, 5.41) is 14.2. The Bertz CT molecular complexity index is 1630. The van der Waals surface area contributed by atoms with E-state index in [2.05, 4.69) is 15.6 Å². The molecule has 4 N–H and O–H groups in total. The fraction of sp³-hybridized carbons (Fsp3) is 0.231. The topological polar surface area (TPSA) is 180 Å². The number of para-hydroxylation sites is 2. The smallest absolute Gasteiger partial charge is 0.352 e. The Morgan fingerprint density at radius 2 is 1.80 bits per heavy atom. The van der Waals surface area contributed by atoms with Crippen molar-refractivity contribution in [3.05, 3.63) is 81.9 Å². The van der Waals surface area contributed by atoms with Crippen molar-refractivity contribution in [1.82, 2.24) is 25.1 Å². The number of aliphatic carboxylic acids is 1. The highest BCUT2D eigenvalue weighted by Gasteiger charge is 2.54. The first-order chi connectivity index (χ1) is 19.2. The van der Waals surface area contributed by atoms with Crippen molar-refractivity contribution in [1.29, 1.82) is 0 Å². The highest BCUT2D eigenvalue weighted by Crippen LogP contribution is 2.40. The maximum atomic E-state index is 13.5. The molecule has 2 aliphatic heterocycles. The number of aromatic nitrogens is 2. The van der Waals surface area contributed by atoms with E-state index in [0.29, 0.717) is 16.6 Å². The average molecular weight is 566 g/mol. The van der Waals surface area contributed by atoms with E-state index in [9.17, 15) is 33.9 Å². The van der Waals surface area contributed by atoms with E-state index in [4.69, 9.17) is 4.74 Å². The van der Waals surface area contributed by atoms with Gasteiger partial charge >= 0.3 is 23.7 Å². The number of carbonyl (C=O) groups is 5. The number of β-lactam (4-membered cyclic amide) rings is 1. The molecule has 206 valence electrons. The zero-order chi connectivity index (χ0) is 28.6. The van der Waals surface area contributed by atoms with E-state index < -0.39 is 52.9 Å². The van der Waals surface area contributed by atoms with E-state index in [1.807, 2.05) is 0 Å². The Hall–Kier alpha value is -4.85. The molecule has 0 aliphatic carbocycles. The van der Waals surface area contributed by atoms with Crippen LogP contribution in [0.2, 0.25) is 0 Å². The Balaban J connectivity index is 1.38. The van der Waals surface area contributed by atoms with Crippen LogP contribution in [-0.4, -0.2) is 73.1 Å². The van der Waals surface area contributed by atoms with Crippen LogP contribution in [0.15, 0.2) is 70.7 Å². The van der Waals surface area contributed by atoms with E-state index >= 15 is 0 Å². The normalized spacial score (nSPS) is 18.9. The van der Waals surface area contributed by atoms with Crippen LogP contribution in [0.5, 0.6) is 0 Å². The molecule has 2 unspecified atom stereocenters. The molecule has 0 saturated carbocycles. The second kappa shape index (κ2) is 10.7. The molecule has 3 amide bonds. The van der Waals surface area contributed by atoms with Gasteiger partial charge in [-0.1, -0.05) is 42.5 Å². The van der Waals surface area contributed by atoms with Crippen LogP contribution < -0.4 is 16.3 Å². The van der Waals surface area contributed by atoms with Gasteiger partial charge in [0.2, 0.25) is 5.91 Å². The van der Waals surface area contributed by atoms with Gasteiger partial charge in [-0.3, -0.25) is 19.3 Å². The van der Waals surface area contributed by atoms with Crippen LogP contribution in [-0.2, 0) is 23.9 Å². The molecule has 3 aromatic rings. The summed E-state index contributed by atoms with van der Waals surface area (Å²) in [4.78, 5) is 79.1.